The normalized spacial score (nSPS) is 18.1. The third-order valence-electron chi connectivity index (χ3n) is 7.05. The number of carbonyl (C=O) groups is 2. The highest BCUT2D eigenvalue weighted by molar-refractivity contribution is 6.12. The van der Waals surface area contributed by atoms with Gasteiger partial charge in [0.25, 0.3) is 5.91 Å². The summed E-state index contributed by atoms with van der Waals surface area (Å²) in [6, 6.07) is 9.21. The van der Waals surface area contributed by atoms with Crippen molar-refractivity contribution >= 4 is 28.7 Å². The fourth-order valence-corrected chi connectivity index (χ4v) is 4.82. The molecule has 1 aliphatic heterocycles. The second kappa shape index (κ2) is 10.7. The average molecular weight is 515 g/mol. The lowest BCUT2D eigenvalue weighted by Crippen LogP contribution is -2.32. The molecule has 0 spiro atoms. The minimum absolute atomic E-state index is 0.0336. The maximum atomic E-state index is 13.9. The summed E-state index contributed by atoms with van der Waals surface area (Å²) in [4.78, 5) is 36.9. The number of benzene rings is 1. The van der Waals surface area contributed by atoms with Crippen LogP contribution in [0.5, 0.6) is 0 Å². The zero-order valence-electron chi connectivity index (χ0n) is 22.5. The summed E-state index contributed by atoms with van der Waals surface area (Å²) in [6.45, 7) is 11.7. The van der Waals surface area contributed by atoms with Crippen molar-refractivity contribution in [3.8, 4) is 11.8 Å². The fraction of sp³-hybridized carbons (Fsp3) is 0.379. The lowest BCUT2D eigenvalue weighted by molar-refractivity contribution is -0.126. The number of ether oxygens (including phenoxy) is 1. The number of amides is 2. The highest BCUT2D eigenvalue weighted by atomic mass is 16.5. The standard InChI is InChI=1S/C29H34N6O3/c1-7-23(36)34-16-21(15-18(34)2)35-22(13-14-29(4,5)38-6)24(25-26(30)31-17-32-27(25)35)28(37)33-19(3)20-11-9-8-10-12-20/h7-12,17-19,21H,1,15-16H2,2-6H3,(H,33,37)(H2,30,31,32)/t18-,19?,21+/m0/s1. The van der Waals surface area contributed by atoms with Gasteiger partial charge in [-0.05, 0) is 51.7 Å². The van der Waals surface area contributed by atoms with Crippen LogP contribution in [-0.4, -0.2) is 56.5 Å². The molecule has 1 saturated heterocycles. The Bertz CT molecular complexity index is 1430. The van der Waals surface area contributed by atoms with Gasteiger partial charge in [0.1, 0.15) is 29.1 Å². The molecule has 3 N–H and O–H groups in total. The molecule has 4 rings (SSSR count). The van der Waals surface area contributed by atoms with E-state index in [0.717, 1.165) is 5.56 Å². The van der Waals surface area contributed by atoms with Gasteiger partial charge in [0, 0.05) is 19.7 Å². The minimum atomic E-state index is -0.766. The van der Waals surface area contributed by atoms with E-state index in [-0.39, 0.29) is 35.8 Å². The number of aromatic nitrogens is 3. The molecule has 3 atom stereocenters. The molecule has 9 heteroatoms. The molecule has 2 aromatic heterocycles. The Balaban J connectivity index is 1.91. The largest absolute Gasteiger partial charge is 0.383 e. The predicted octanol–water partition coefficient (Wildman–Crippen LogP) is 3.63. The van der Waals surface area contributed by atoms with Crippen LogP contribution in [0, 0.1) is 11.8 Å². The van der Waals surface area contributed by atoms with E-state index < -0.39 is 5.60 Å². The minimum Gasteiger partial charge on any atom is -0.383 e. The predicted molar refractivity (Wildman–Crippen MR) is 147 cm³/mol. The number of nitrogens with zero attached hydrogens (tertiary/aromatic N) is 4. The van der Waals surface area contributed by atoms with E-state index in [1.54, 1.807) is 12.0 Å². The molecule has 198 valence electrons. The number of nitrogens with two attached hydrogens (primary N) is 1. The number of anilines is 1. The van der Waals surface area contributed by atoms with Gasteiger partial charge in [0.2, 0.25) is 5.91 Å². The van der Waals surface area contributed by atoms with Gasteiger partial charge in [-0.25, -0.2) is 9.97 Å². The van der Waals surface area contributed by atoms with Gasteiger partial charge >= 0.3 is 0 Å². The molecule has 1 fully saturated rings. The van der Waals surface area contributed by atoms with E-state index >= 15 is 0 Å². The number of hydrogen-bond acceptors (Lipinski definition) is 6. The van der Waals surface area contributed by atoms with Crippen molar-refractivity contribution in [1.29, 1.82) is 0 Å². The van der Waals surface area contributed by atoms with Crippen LogP contribution in [0.2, 0.25) is 0 Å². The lowest BCUT2D eigenvalue weighted by Gasteiger charge is -2.20. The summed E-state index contributed by atoms with van der Waals surface area (Å²) in [5, 5.41) is 3.53. The molecule has 0 saturated carbocycles. The fourth-order valence-electron chi connectivity index (χ4n) is 4.82. The third kappa shape index (κ3) is 5.13. The van der Waals surface area contributed by atoms with E-state index in [0.29, 0.717) is 35.3 Å². The van der Waals surface area contributed by atoms with Crippen LogP contribution in [0.25, 0.3) is 11.0 Å². The van der Waals surface area contributed by atoms with Crippen LogP contribution in [-0.2, 0) is 9.53 Å². The van der Waals surface area contributed by atoms with E-state index in [9.17, 15) is 9.59 Å². The first-order chi connectivity index (χ1) is 18.1. The first kappa shape index (κ1) is 26.9. The Morgan fingerprint density at radius 1 is 1.29 bits per heavy atom. The van der Waals surface area contributed by atoms with Crippen molar-refractivity contribution in [2.75, 3.05) is 19.4 Å². The molecule has 1 aliphatic rings. The van der Waals surface area contributed by atoms with Crippen LogP contribution in [0.1, 0.15) is 67.8 Å². The van der Waals surface area contributed by atoms with E-state index in [1.165, 1.54) is 12.4 Å². The van der Waals surface area contributed by atoms with Crippen LogP contribution in [0.4, 0.5) is 5.82 Å². The van der Waals surface area contributed by atoms with Crippen LogP contribution < -0.4 is 11.1 Å². The highest BCUT2D eigenvalue weighted by Gasteiger charge is 2.37. The van der Waals surface area contributed by atoms with Crippen LogP contribution in [0.3, 0.4) is 0 Å². The zero-order valence-corrected chi connectivity index (χ0v) is 22.5. The van der Waals surface area contributed by atoms with Crippen LogP contribution in [0.15, 0.2) is 49.3 Å². The number of nitrogen functional groups attached to an aromatic ring is 1. The molecular weight excluding hydrogens is 480 g/mol. The Labute approximate surface area is 223 Å². The number of carbonyl (C=O) groups excluding carboxylic acids is 2. The smallest absolute Gasteiger partial charge is 0.255 e. The Morgan fingerprint density at radius 3 is 2.66 bits per heavy atom. The molecule has 1 unspecified atom stereocenters. The lowest BCUT2D eigenvalue weighted by atomic mass is 10.1. The second-order valence-corrected chi connectivity index (χ2v) is 10.1. The molecule has 2 amide bonds. The summed E-state index contributed by atoms with van der Waals surface area (Å²) in [5.74, 6) is 6.06. The topological polar surface area (TPSA) is 115 Å². The van der Waals surface area contributed by atoms with Gasteiger partial charge in [-0.1, -0.05) is 42.8 Å². The summed E-state index contributed by atoms with van der Waals surface area (Å²) < 4.78 is 7.46. The van der Waals surface area contributed by atoms with Crippen molar-refractivity contribution in [2.24, 2.45) is 0 Å². The first-order valence-corrected chi connectivity index (χ1v) is 12.6. The quantitative estimate of drug-likeness (QED) is 0.383. The average Bonchev–Trinajstić information content (AvgIpc) is 3.45. The maximum Gasteiger partial charge on any atom is 0.255 e. The SMILES string of the molecule is C=CC(=O)N1C[C@H](n2c(C#CC(C)(C)OC)c(C(=O)NC(C)c3ccccc3)c3c(N)ncnc32)C[C@@H]1C. The van der Waals surface area contributed by atoms with E-state index in [4.69, 9.17) is 10.5 Å². The van der Waals surface area contributed by atoms with Gasteiger partial charge in [-0.3, -0.25) is 9.59 Å². The van der Waals surface area contributed by atoms with Crippen molar-refractivity contribution in [3.63, 3.8) is 0 Å². The molecule has 3 heterocycles. The molecular formula is C29H34N6O3. The van der Waals surface area contributed by atoms with Gasteiger partial charge in [0.15, 0.2) is 0 Å². The number of fused-ring (bicyclic) bond motifs is 1. The summed E-state index contributed by atoms with van der Waals surface area (Å²) >= 11 is 0. The number of rotatable bonds is 6. The van der Waals surface area contributed by atoms with E-state index in [2.05, 4.69) is 33.7 Å². The van der Waals surface area contributed by atoms with Gasteiger partial charge in [-0.2, -0.15) is 0 Å². The van der Waals surface area contributed by atoms with Crippen molar-refractivity contribution < 1.29 is 14.3 Å². The molecule has 9 nitrogen and oxygen atoms in total. The van der Waals surface area contributed by atoms with Crippen LogP contribution >= 0.6 is 0 Å². The molecule has 3 aromatic rings. The Hall–Kier alpha value is -4.16. The first-order valence-electron chi connectivity index (χ1n) is 12.6. The van der Waals surface area contributed by atoms with Gasteiger partial charge < -0.3 is 25.3 Å². The van der Waals surface area contributed by atoms with Crippen molar-refractivity contribution in [3.05, 3.63) is 66.1 Å². The monoisotopic (exact) mass is 514 g/mol. The number of methoxy groups -OCH3 is 1. The third-order valence-corrected chi connectivity index (χ3v) is 7.05. The molecule has 1 aromatic carbocycles. The van der Waals surface area contributed by atoms with Crippen molar-refractivity contribution in [2.45, 2.75) is 57.8 Å². The van der Waals surface area contributed by atoms with Gasteiger partial charge in [0.05, 0.1) is 23.0 Å². The highest BCUT2D eigenvalue weighted by Crippen LogP contribution is 2.36. The maximum absolute atomic E-state index is 13.9. The van der Waals surface area contributed by atoms with Crippen molar-refractivity contribution in [1.82, 2.24) is 24.8 Å². The summed E-state index contributed by atoms with van der Waals surface area (Å²) in [6.07, 6.45) is 3.35. The van der Waals surface area contributed by atoms with E-state index in [1.807, 2.05) is 62.6 Å². The molecule has 0 bridgehead atoms. The molecule has 0 aliphatic carbocycles. The number of likely N-dealkylation sites (tertiary alicyclic amines) is 1. The summed E-state index contributed by atoms with van der Waals surface area (Å²) in [5.41, 5.74) is 7.82. The Kier molecular flexibility index (Phi) is 7.56. The number of hydrogen-bond donors (Lipinski definition) is 2. The zero-order chi connectivity index (χ0) is 27.6. The summed E-state index contributed by atoms with van der Waals surface area (Å²) in [7, 11) is 1.58. The second-order valence-electron chi connectivity index (χ2n) is 10.1. The molecule has 38 heavy (non-hydrogen) atoms. The Morgan fingerprint density at radius 2 is 2.00 bits per heavy atom. The number of nitrogens with one attached hydrogen (secondary N) is 1. The molecule has 0 radical (unpaired) electrons. The van der Waals surface area contributed by atoms with Gasteiger partial charge in [-0.15, -0.1) is 0 Å².